The van der Waals surface area contributed by atoms with E-state index in [0.717, 1.165) is 50.8 Å². The van der Waals surface area contributed by atoms with Gasteiger partial charge in [0, 0.05) is 38.3 Å². The summed E-state index contributed by atoms with van der Waals surface area (Å²) in [6, 6.07) is 20.5. The van der Waals surface area contributed by atoms with E-state index in [1.54, 1.807) is 24.3 Å². The van der Waals surface area contributed by atoms with Crippen LogP contribution < -0.4 is 10.5 Å². The van der Waals surface area contributed by atoms with E-state index in [0.29, 0.717) is 49.9 Å². The highest BCUT2D eigenvalue weighted by Gasteiger charge is 2.37. The Hall–Kier alpha value is -3.45. The maximum Gasteiger partial charge on any atom is 0.272 e. The minimum absolute atomic E-state index is 0.0594. The first kappa shape index (κ1) is 26.2. The standard InChI is InChI=1S/C31H37FN4O2/c32-26-11-3-1-10-25(26)22-35-20-21-38-28-13-4-2-8-24(28)9-5-6-15-31(23-35)16-18-36(19-17-31)30(37)27-12-7-14-29(33)34-27/h1-4,7-8,10-14H,5-6,9,15-23H2,(H2,33,34). The van der Waals surface area contributed by atoms with Crippen molar-refractivity contribution < 1.29 is 13.9 Å². The van der Waals surface area contributed by atoms with Gasteiger partial charge in [0.15, 0.2) is 0 Å². The number of halogens is 1. The predicted molar refractivity (Wildman–Crippen MR) is 147 cm³/mol. The number of benzene rings is 2. The van der Waals surface area contributed by atoms with Gasteiger partial charge in [-0.05, 0) is 67.3 Å². The first-order chi connectivity index (χ1) is 18.5. The highest BCUT2D eigenvalue weighted by Crippen LogP contribution is 2.39. The first-order valence-electron chi connectivity index (χ1n) is 13.7. The van der Waals surface area contributed by atoms with E-state index in [1.165, 1.54) is 11.6 Å². The molecule has 0 unspecified atom stereocenters. The van der Waals surface area contributed by atoms with E-state index in [1.807, 2.05) is 29.2 Å². The van der Waals surface area contributed by atoms with Crippen LogP contribution in [-0.2, 0) is 13.0 Å². The monoisotopic (exact) mass is 516 g/mol. The molecule has 5 rings (SSSR count). The number of carbonyl (C=O) groups excluding carboxylic acids is 1. The van der Waals surface area contributed by atoms with Gasteiger partial charge >= 0.3 is 0 Å². The minimum atomic E-state index is -0.172. The second kappa shape index (κ2) is 11.9. The number of nitrogens with two attached hydrogens (primary N) is 1. The molecule has 0 radical (unpaired) electrons. The van der Waals surface area contributed by atoms with Gasteiger partial charge in [-0.2, -0.15) is 0 Å². The van der Waals surface area contributed by atoms with Gasteiger partial charge in [0.2, 0.25) is 0 Å². The molecule has 0 bridgehead atoms. The van der Waals surface area contributed by atoms with Gasteiger partial charge in [0.1, 0.15) is 29.7 Å². The molecule has 6 nitrogen and oxygen atoms in total. The predicted octanol–water partition coefficient (Wildman–Crippen LogP) is 5.33. The number of ether oxygens (including phenoxy) is 1. The van der Waals surface area contributed by atoms with Crippen LogP contribution in [0.25, 0.3) is 0 Å². The second-order valence-corrected chi connectivity index (χ2v) is 10.7. The maximum atomic E-state index is 14.6. The van der Waals surface area contributed by atoms with Crippen LogP contribution in [0.1, 0.15) is 53.7 Å². The van der Waals surface area contributed by atoms with E-state index in [9.17, 15) is 9.18 Å². The van der Waals surface area contributed by atoms with E-state index < -0.39 is 0 Å². The Bertz CT molecular complexity index is 1240. The third-order valence-electron chi connectivity index (χ3n) is 8.05. The van der Waals surface area contributed by atoms with Crippen LogP contribution in [-0.4, -0.2) is 53.5 Å². The van der Waals surface area contributed by atoms with E-state index in [2.05, 4.69) is 22.0 Å². The topological polar surface area (TPSA) is 71.7 Å². The molecule has 2 aliphatic rings. The molecular weight excluding hydrogens is 479 g/mol. The highest BCUT2D eigenvalue weighted by molar-refractivity contribution is 5.92. The lowest BCUT2D eigenvalue weighted by atomic mass is 9.73. The third kappa shape index (κ3) is 6.33. The Morgan fingerprint density at radius 2 is 1.74 bits per heavy atom. The van der Waals surface area contributed by atoms with Crippen molar-refractivity contribution in [2.75, 3.05) is 38.5 Å². The molecule has 0 aliphatic carbocycles. The highest BCUT2D eigenvalue weighted by atomic mass is 19.1. The fraction of sp³-hybridized carbons (Fsp3) is 0.419. The van der Waals surface area contributed by atoms with Crippen molar-refractivity contribution in [3.8, 4) is 5.75 Å². The molecule has 3 heterocycles. The molecule has 0 atom stereocenters. The van der Waals surface area contributed by atoms with E-state index in [-0.39, 0.29) is 17.1 Å². The molecule has 1 fully saturated rings. The van der Waals surface area contributed by atoms with Crippen molar-refractivity contribution in [1.82, 2.24) is 14.8 Å². The number of nitrogen functional groups attached to an aromatic ring is 1. The summed E-state index contributed by atoms with van der Waals surface area (Å²) in [5.41, 5.74) is 8.23. The molecule has 0 saturated carbocycles. The quantitative estimate of drug-likeness (QED) is 0.509. The Labute approximate surface area is 224 Å². The Morgan fingerprint density at radius 3 is 2.55 bits per heavy atom. The lowest BCUT2D eigenvalue weighted by Gasteiger charge is -2.45. The zero-order valence-electron chi connectivity index (χ0n) is 21.9. The molecule has 2 aromatic carbocycles. The molecule has 7 heteroatoms. The zero-order chi connectivity index (χ0) is 26.4. The van der Waals surface area contributed by atoms with E-state index >= 15 is 0 Å². The number of para-hydroxylation sites is 1. The number of fused-ring (bicyclic) bond motifs is 1. The number of aromatic nitrogens is 1. The van der Waals surface area contributed by atoms with Crippen molar-refractivity contribution >= 4 is 11.7 Å². The van der Waals surface area contributed by atoms with Crippen LogP contribution in [0.4, 0.5) is 10.2 Å². The second-order valence-electron chi connectivity index (χ2n) is 10.7. The summed E-state index contributed by atoms with van der Waals surface area (Å²) in [5.74, 6) is 1.08. The van der Waals surface area contributed by atoms with Crippen LogP contribution >= 0.6 is 0 Å². The van der Waals surface area contributed by atoms with Gasteiger partial charge in [-0.1, -0.05) is 48.9 Å². The van der Waals surface area contributed by atoms with Gasteiger partial charge in [0.05, 0.1) is 0 Å². The molecule has 3 aromatic rings. The number of aryl methyl sites for hydroxylation is 1. The molecule has 1 aromatic heterocycles. The Balaban J connectivity index is 1.34. The number of pyridine rings is 1. The molecule has 2 N–H and O–H groups in total. The Kier molecular flexibility index (Phi) is 8.23. The number of rotatable bonds is 3. The summed E-state index contributed by atoms with van der Waals surface area (Å²) in [6.45, 7) is 4.01. The van der Waals surface area contributed by atoms with Crippen LogP contribution in [0.2, 0.25) is 0 Å². The van der Waals surface area contributed by atoms with Crippen molar-refractivity contribution in [3.05, 3.63) is 89.4 Å². The van der Waals surface area contributed by atoms with Gasteiger partial charge in [-0.25, -0.2) is 9.37 Å². The number of hydrogen-bond donors (Lipinski definition) is 1. The number of piperidine rings is 1. The Morgan fingerprint density at radius 1 is 0.947 bits per heavy atom. The number of likely N-dealkylation sites (tertiary alicyclic amines) is 1. The fourth-order valence-electron chi connectivity index (χ4n) is 5.91. The molecule has 2 aliphatic heterocycles. The van der Waals surface area contributed by atoms with E-state index in [4.69, 9.17) is 10.5 Å². The van der Waals surface area contributed by atoms with Crippen molar-refractivity contribution in [1.29, 1.82) is 0 Å². The number of hydrogen-bond acceptors (Lipinski definition) is 5. The van der Waals surface area contributed by atoms with Gasteiger partial charge in [-0.3, -0.25) is 9.69 Å². The average molecular weight is 517 g/mol. The summed E-state index contributed by atoms with van der Waals surface area (Å²) >= 11 is 0. The van der Waals surface area contributed by atoms with Gasteiger partial charge in [-0.15, -0.1) is 0 Å². The summed E-state index contributed by atoms with van der Waals surface area (Å²) in [6.07, 6.45) is 6.09. The normalized spacial score (nSPS) is 18.6. The molecule has 200 valence electrons. The molecule has 1 spiro atoms. The molecule has 1 amide bonds. The summed E-state index contributed by atoms with van der Waals surface area (Å²) in [5, 5.41) is 0. The molecule has 1 saturated heterocycles. The number of amides is 1. The maximum absolute atomic E-state index is 14.6. The van der Waals surface area contributed by atoms with Crippen LogP contribution in [0.5, 0.6) is 5.75 Å². The largest absolute Gasteiger partial charge is 0.492 e. The van der Waals surface area contributed by atoms with Gasteiger partial charge in [0.25, 0.3) is 5.91 Å². The summed E-state index contributed by atoms with van der Waals surface area (Å²) in [4.78, 5) is 21.6. The van der Waals surface area contributed by atoms with Crippen molar-refractivity contribution in [2.24, 2.45) is 5.41 Å². The lowest BCUT2D eigenvalue weighted by Crippen LogP contribution is -2.48. The van der Waals surface area contributed by atoms with Crippen molar-refractivity contribution in [3.63, 3.8) is 0 Å². The third-order valence-corrected chi connectivity index (χ3v) is 8.05. The van der Waals surface area contributed by atoms with Crippen LogP contribution in [0, 0.1) is 11.2 Å². The SMILES string of the molecule is Nc1cccc(C(=O)N2CCC3(CCCCc4ccccc4OCCN(Cc4ccccc4F)C3)CC2)n1. The van der Waals surface area contributed by atoms with Crippen molar-refractivity contribution in [2.45, 2.75) is 45.1 Å². The van der Waals surface area contributed by atoms with Crippen LogP contribution in [0.15, 0.2) is 66.7 Å². The van der Waals surface area contributed by atoms with Crippen LogP contribution in [0.3, 0.4) is 0 Å². The smallest absolute Gasteiger partial charge is 0.272 e. The minimum Gasteiger partial charge on any atom is -0.492 e. The number of anilines is 1. The molecular formula is C31H37FN4O2. The average Bonchev–Trinajstić information content (AvgIpc) is 2.92. The molecule has 38 heavy (non-hydrogen) atoms. The summed E-state index contributed by atoms with van der Waals surface area (Å²) < 4.78 is 20.9. The van der Waals surface area contributed by atoms with Gasteiger partial charge < -0.3 is 15.4 Å². The zero-order valence-corrected chi connectivity index (χ0v) is 21.9. The lowest BCUT2D eigenvalue weighted by molar-refractivity contribution is 0.0355. The fourth-order valence-corrected chi connectivity index (χ4v) is 5.91. The summed E-state index contributed by atoms with van der Waals surface area (Å²) in [7, 11) is 0. The first-order valence-corrected chi connectivity index (χ1v) is 13.7. The number of nitrogens with zero attached hydrogens (tertiary/aromatic N) is 3. The number of carbonyl (C=O) groups is 1.